The molecule has 3 heteroatoms. The maximum absolute atomic E-state index is 12.5. The van der Waals surface area contributed by atoms with E-state index in [0.717, 1.165) is 12.8 Å². The number of hydrogen-bond acceptors (Lipinski definition) is 2. The Bertz CT molecular complexity index is 654. The van der Waals surface area contributed by atoms with Gasteiger partial charge in [-0.25, -0.2) is 0 Å². The minimum Gasteiger partial charge on any atom is -0.399 e. The van der Waals surface area contributed by atoms with E-state index >= 15 is 0 Å². The van der Waals surface area contributed by atoms with Gasteiger partial charge in [0.2, 0.25) is 0 Å². The molecule has 2 atom stereocenters. The zero-order valence-corrected chi connectivity index (χ0v) is 13.4. The van der Waals surface area contributed by atoms with Crippen LogP contribution in [0.3, 0.4) is 0 Å². The van der Waals surface area contributed by atoms with Crippen molar-refractivity contribution in [1.29, 1.82) is 0 Å². The second-order valence-corrected chi connectivity index (χ2v) is 6.44. The molecular weight excluding hydrogens is 284 g/mol. The van der Waals surface area contributed by atoms with E-state index in [1.165, 1.54) is 24.8 Å². The number of nitrogen functional groups attached to an aromatic ring is 1. The predicted octanol–water partition coefficient (Wildman–Crippen LogP) is 3.80. The van der Waals surface area contributed by atoms with Crippen LogP contribution in [0.15, 0.2) is 54.6 Å². The third-order valence-electron chi connectivity index (χ3n) is 4.72. The molecule has 3 N–H and O–H groups in total. The van der Waals surface area contributed by atoms with E-state index in [4.69, 9.17) is 5.73 Å². The lowest BCUT2D eigenvalue weighted by molar-refractivity contribution is 0.0906. The first-order valence-corrected chi connectivity index (χ1v) is 8.43. The first kappa shape index (κ1) is 15.6. The molecule has 1 aliphatic rings. The molecule has 3 nitrogen and oxygen atoms in total. The monoisotopic (exact) mass is 308 g/mol. The molecule has 1 aliphatic carbocycles. The van der Waals surface area contributed by atoms with Crippen molar-refractivity contribution in [3.63, 3.8) is 0 Å². The van der Waals surface area contributed by atoms with Crippen molar-refractivity contribution in [3.05, 3.63) is 65.7 Å². The van der Waals surface area contributed by atoms with Gasteiger partial charge in [-0.1, -0.05) is 49.2 Å². The Kier molecular flexibility index (Phi) is 4.96. The molecule has 0 radical (unpaired) electrons. The second kappa shape index (κ2) is 7.32. The van der Waals surface area contributed by atoms with E-state index in [9.17, 15) is 4.79 Å². The summed E-state index contributed by atoms with van der Waals surface area (Å²) in [5.41, 5.74) is 8.40. The van der Waals surface area contributed by atoms with E-state index < -0.39 is 0 Å². The van der Waals surface area contributed by atoms with Crippen LogP contribution in [0.5, 0.6) is 0 Å². The maximum Gasteiger partial charge on any atom is 0.251 e. The number of carbonyl (C=O) groups is 1. The molecule has 0 heterocycles. The van der Waals surface area contributed by atoms with Crippen LogP contribution in [0.2, 0.25) is 0 Å². The van der Waals surface area contributed by atoms with Gasteiger partial charge in [0, 0.05) is 17.3 Å². The highest BCUT2D eigenvalue weighted by molar-refractivity contribution is 5.95. The van der Waals surface area contributed by atoms with Crippen molar-refractivity contribution in [3.8, 4) is 0 Å². The van der Waals surface area contributed by atoms with E-state index in [0.29, 0.717) is 17.2 Å². The summed E-state index contributed by atoms with van der Waals surface area (Å²) in [5, 5.41) is 3.24. The minimum atomic E-state index is -0.0118. The van der Waals surface area contributed by atoms with Crippen LogP contribution in [0.25, 0.3) is 0 Å². The van der Waals surface area contributed by atoms with Crippen LogP contribution in [0, 0.1) is 5.92 Å². The number of hydrogen-bond donors (Lipinski definition) is 2. The molecule has 2 aromatic rings. The Morgan fingerprint density at radius 3 is 2.61 bits per heavy atom. The molecule has 0 spiro atoms. The van der Waals surface area contributed by atoms with Crippen LogP contribution in [-0.2, 0) is 6.42 Å². The summed E-state index contributed by atoms with van der Waals surface area (Å²) < 4.78 is 0. The summed E-state index contributed by atoms with van der Waals surface area (Å²) in [6.07, 6.45) is 5.71. The van der Waals surface area contributed by atoms with Crippen molar-refractivity contribution in [2.24, 2.45) is 5.92 Å². The van der Waals surface area contributed by atoms with E-state index in [2.05, 4.69) is 29.6 Å². The summed E-state index contributed by atoms with van der Waals surface area (Å²) >= 11 is 0. The van der Waals surface area contributed by atoms with Crippen LogP contribution in [-0.4, -0.2) is 11.9 Å². The van der Waals surface area contributed by atoms with E-state index in [1.807, 2.05) is 18.2 Å². The molecule has 2 unspecified atom stereocenters. The third kappa shape index (κ3) is 4.13. The molecular formula is C20H24N2O. The van der Waals surface area contributed by atoms with Crippen molar-refractivity contribution in [1.82, 2.24) is 5.32 Å². The Labute approximate surface area is 137 Å². The highest BCUT2D eigenvalue weighted by atomic mass is 16.1. The number of anilines is 1. The number of nitrogens with one attached hydrogen (secondary N) is 1. The molecule has 0 aromatic heterocycles. The molecule has 1 saturated carbocycles. The maximum atomic E-state index is 12.5. The molecule has 0 saturated heterocycles. The number of rotatable bonds is 4. The van der Waals surface area contributed by atoms with Gasteiger partial charge in [0.15, 0.2) is 0 Å². The van der Waals surface area contributed by atoms with E-state index in [-0.39, 0.29) is 11.9 Å². The highest BCUT2D eigenvalue weighted by Gasteiger charge is 2.26. The fourth-order valence-electron chi connectivity index (χ4n) is 3.49. The number of amides is 1. The molecule has 0 aliphatic heterocycles. The fraction of sp³-hybridized carbons (Fsp3) is 0.350. The Morgan fingerprint density at radius 1 is 1.04 bits per heavy atom. The summed E-state index contributed by atoms with van der Waals surface area (Å²) in [6, 6.07) is 18.0. The lowest BCUT2D eigenvalue weighted by atomic mass is 9.80. The average Bonchev–Trinajstić information content (AvgIpc) is 2.57. The lowest BCUT2D eigenvalue weighted by Crippen LogP contribution is -2.42. The lowest BCUT2D eigenvalue weighted by Gasteiger charge is -2.32. The fourth-order valence-corrected chi connectivity index (χ4v) is 3.49. The van der Waals surface area contributed by atoms with Gasteiger partial charge >= 0.3 is 0 Å². The van der Waals surface area contributed by atoms with E-state index in [1.54, 1.807) is 12.1 Å². The van der Waals surface area contributed by atoms with Gasteiger partial charge in [0.05, 0.1) is 0 Å². The standard InChI is InChI=1S/C20H24N2O/c21-18-11-6-10-17(14-18)20(23)22-19-12-5-4-9-16(19)13-15-7-2-1-3-8-15/h1-3,6-8,10-11,14,16,19H,4-5,9,12-13,21H2,(H,22,23). The van der Waals surface area contributed by atoms with Gasteiger partial charge in [-0.2, -0.15) is 0 Å². The van der Waals surface area contributed by atoms with Crippen LogP contribution >= 0.6 is 0 Å². The summed E-state index contributed by atoms with van der Waals surface area (Å²) in [4.78, 5) is 12.5. The molecule has 23 heavy (non-hydrogen) atoms. The van der Waals surface area contributed by atoms with Gasteiger partial charge in [0.25, 0.3) is 5.91 Å². The smallest absolute Gasteiger partial charge is 0.251 e. The first-order valence-electron chi connectivity index (χ1n) is 8.43. The quantitative estimate of drug-likeness (QED) is 0.844. The molecule has 120 valence electrons. The van der Waals surface area contributed by atoms with Crippen molar-refractivity contribution in [2.45, 2.75) is 38.1 Å². The Morgan fingerprint density at radius 2 is 1.83 bits per heavy atom. The SMILES string of the molecule is Nc1cccc(C(=O)NC2CCCCC2Cc2ccccc2)c1. The average molecular weight is 308 g/mol. The van der Waals surface area contributed by atoms with Crippen LogP contribution < -0.4 is 11.1 Å². The second-order valence-electron chi connectivity index (χ2n) is 6.44. The summed E-state index contributed by atoms with van der Waals surface area (Å²) in [6.45, 7) is 0. The molecule has 0 bridgehead atoms. The number of carbonyl (C=O) groups excluding carboxylic acids is 1. The first-order chi connectivity index (χ1) is 11.2. The largest absolute Gasteiger partial charge is 0.399 e. The molecule has 3 rings (SSSR count). The van der Waals surface area contributed by atoms with Gasteiger partial charge in [0.1, 0.15) is 0 Å². The zero-order chi connectivity index (χ0) is 16.1. The van der Waals surface area contributed by atoms with Gasteiger partial charge in [-0.15, -0.1) is 0 Å². The zero-order valence-electron chi connectivity index (χ0n) is 13.4. The van der Waals surface area contributed by atoms with Crippen molar-refractivity contribution >= 4 is 11.6 Å². The third-order valence-corrected chi connectivity index (χ3v) is 4.72. The molecule has 1 fully saturated rings. The normalized spacial score (nSPS) is 20.9. The highest BCUT2D eigenvalue weighted by Crippen LogP contribution is 2.28. The van der Waals surface area contributed by atoms with Crippen LogP contribution in [0.4, 0.5) is 5.69 Å². The molecule has 2 aromatic carbocycles. The van der Waals surface area contributed by atoms with Gasteiger partial charge in [-0.3, -0.25) is 4.79 Å². The van der Waals surface area contributed by atoms with Crippen molar-refractivity contribution < 1.29 is 4.79 Å². The van der Waals surface area contributed by atoms with Gasteiger partial charge in [-0.05, 0) is 48.9 Å². The minimum absolute atomic E-state index is 0.0118. The Hall–Kier alpha value is -2.29. The predicted molar refractivity (Wildman–Crippen MR) is 94.2 cm³/mol. The van der Waals surface area contributed by atoms with Crippen LogP contribution in [0.1, 0.15) is 41.6 Å². The topological polar surface area (TPSA) is 55.1 Å². The van der Waals surface area contributed by atoms with Crippen molar-refractivity contribution in [2.75, 3.05) is 5.73 Å². The molecule has 1 amide bonds. The summed E-state index contributed by atoms with van der Waals surface area (Å²) in [5.74, 6) is 0.499. The summed E-state index contributed by atoms with van der Waals surface area (Å²) in [7, 11) is 0. The Balaban J connectivity index is 1.68. The number of nitrogens with two attached hydrogens (primary N) is 1. The number of benzene rings is 2. The van der Waals surface area contributed by atoms with Gasteiger partial charge < -0.3 is 11.1 Å².